The number of likely N-dealkylation sites (N-methyl/N-ethyl adjacent to an activating group) is 1. The first-order valence-corrected chi connectivity index (χ1v) is 8.68. The molecule has 2 aromatic rings. The Balaban J connectivity index is 1.97. The maximum absolute atomic E-state index is 12.6. The highest BCUT2D eigenvalue weighted by Crippen LogP contribution is 2.25. The van der Waals surface area contributed by atoms with Crippen LogP contribution in [0, 0.1) is 20.8 Å². The molecule has 0 saturated heterocycles. The Labute approximate surface area is 159 Å². The molecule has 144 valence electrons. The normalized spacial score (nSPS) is 10.4. The predicted octanol–water partition coefficient (Wildman–Crippen LogP) is 3.23. The number of carboxylic acid groups (broad SMARTS) is 1. The molecule has 2 aromatic carbocycles. The van der Waals surface area contributed by atoms with Crippen LogP contribution in [-0.4, -0.2) is 48.7 Å². The van der Waals surface area contributed by atoms with Crippen LogP contribution < -0.4 is 9.47 Å². The van der Waals surface area contributed by atoms with Crippen LogP contribution in [-0.2, 0) is 4.79 Å². The van der Waals surface area contributed by atoms with Gasteiger partial charge in [-0.25, -0.2) is 4.79 Å². The Morgan fingerprint density at radius 1 is 1.00 bits per heavy atom. The molecule has 27 heavy (non-hydrogen) atoms. The molecule has 0 aliphatic rings. The molecule has 0 aliphatic heterocycles. The summed E-state index contributed by atoms with van der Waals surface area (Å²) in [6.07, 6.45) is 0. The maximum Gasteiger partial charge on any atom is 0.341 e. The van der Waals surface area contributed by atoms with Crippen molar-refractivity contribution in [2.75, 3.05) is 26.8 Å². The first-order valence-electron chi connectivity index (χ1n) is 8.68. The van der Waals surface area contributed by atoms with Crippen molar-refractivity contribution in [3.8, 4) is 11.5 Å². The van der Waals surface area contributed by atoms with E-state index < -0.39 is 12.6 Å². The fourth-order valence-electron chi connectivity index (χ4n) is 2.69. The van der Waals surface area contributed by atoms with Crippen LogP contribution in [0.4, 0.5) is 0 Å². The van der Waals surface area contributed by atoms with E-state index in [0.29, 0.717) is 24.5 Å². The zero-order chi connectivity index (χ0) is 20.0. The summed E-state index contributed by atoms with van der Waals surface area (Å²) < 4.78 is 11.0. The second kappa shape index (κ2) is 9.07. The van der Waals surface area contributed by atoms with Crippen molar-refractivity contribution < 1.29 is 24.2 Å². The van der Waals surface area contributed by atoms with Gasteiger partial charge in [0.15, 0.2) is 6.61 Å². The Kier molecular flexibility index (Phi) is 6.82. The third kappa shape index (κ3) is 5.74. The van der Waals surface area contributed by atoms with Crippen LogP contribution in [0.15, 0.2) is 36.4 Å². The van der Waals surface area contributed by atoms with Crippen molar-refractivity contribution in [2.24, 2.45) is 0 Å². The van der Waals surface area contributed by atoms with Gasteiger partial charge in [0, 0.05) is 12.6 Å². The number of nitrogens with zero attached hydrogens (tertiary/aromatic N) is 1. The SMILES string of the molecule is Cc1ccc(OCCN(C)C(=O)c2cc(C)c(OCC(=O)O)c(C)c2)cc1. The molecule has 0 aromatic heterocycles. The van der Waals surface area contributed by atoms with E-state index in [1.165, 1.54) is 0 Å². The molecular weight excluding hydrogens is 346 g/mol. The van der Waals surface area contributed by atoms with Crippen molar-refractivity contribution in [3.63, 3.8) is 0 Å². The number of ether oxygens (including phenoxy) is 2. The summed E-state index contributed by atoms with van der Waals surface area (Å²) in [5.74, 6) is 0.105. The van der Waals surface area contributed by atoms with Crippen LogP contribution in [0.2, 0.25) is 0 Å². The number of carbonyl (C=O) groups excluding carboxylic acids is 1. The molecule has 0 fully saturated rings. The number of hydrogen-bond acceptors (Lipinski definition) is 4. The monoisotopic (exact) mass is 371 g/mol. The van der Waals surface area contributed by atoms with Gasteiger partial charge in [0.05, 0.1) is 6.54 Å². The molecular formula is C21H25NO5. The topological polar surface area (TPSA) is 76.1 Å². The summed E-state index contributed by atoms with van der Waals surface area (Å²) in [7, 11) is 1.72. The van der Waals surface area contributed by atoms with Gasteiger partial charge in [0.1, 0.15) is 18.1 Å². The fourth-order valence-corrected chi connectivity index (χ4v) is 2.69. The molecule has 0 radical (unpaired) electrons. The number of carbonyl (C=O) groups is 2. The molecule has 0 heterocycles. The summed E-state index contributed by atoms with van der Waals surface area (Å²) in [6, 6.07) is 11.2. The lowest BCUT2D eigenvalue weighted by molar-refractivity contribution is -0.139. The molecule has 0 atom stereocenters. The lowest BCUT2D eigenvalue weighted by Gasteiger charge is -2.19. The van der Waals surface area contributed by atoms with E-state index in [1.807, 2.05) is 31.2 Å². The Hall–Kier alpha value is -3.02. The first kappa shape index (κ1) is 20.3. The predicted molar refractivity (Wildman–Crippen MR) is 103 cm³/mol. The van der Waals surface area contributed by atoms with Gasteiger partial charge in [0.2, 0.25) is 0 Å². The Bertz CT molecular complexity index is 791. The maximum atomic E-state index is 12.6. The summed E-state index contributed by atoms with van der Waals surface area (Å²) in [5.41, 5.74) is 3.15. The summed E-state index contributed by atoms with van der Waals surface area (Å²) >= 11 is 0. The highest BCUT2D eigenvalue weighted by Gasteiger charge is 2.16. The van der Waals surface area contributed by atoms with Gasteiger partial charge in [-0.15, -0.1) is 0 Å². The van der Waals surface area contributed by atoms with E-state index in [2.05, 4.69) is 0 Å². The molecule has 2 rings (SSSR count). The highest BCUT2D eigenvalue weighted by molar-refractivity contribution is 5.94. The zero-order valence-corrected chi connectivity index (χ0v) is 16.1. The van der Waals surface area contributed by atoms with Gasteiger partial charge in [-0.05, 0) is 56.2 Å². The number of carboxylic acids is 1. The summed E-state index contributed by atoms with van der Waals surface area (Å²) in [4.78, 5) is 24.9. The summed E-state index contributed by atoms with van der Waals surface area (Å²) in [5, 5.41) is 8.75. The lowest BCUT2D eigenvalue weighted by Crippen LogP contribution is -2.31. The lowest BCUT2D eigenvalue weighted by atomic mass is 10.0. The fraction of sp³-hybridized carbons (Fsp3) is 0.333. The minimum Gasteiger partial charge on any atom is -0.492 e. The molecule has 0 bridgehead atoms. The molecule has 0 spiro atoms. The van der Waals surface area contributed by atoms with Gasteiger partial charge in [-0.3, -0.25) is 4.79 Å². The van der Waals surface area contributed by atoms with Crippen LogP contribution in [0.1, 0.15) is 27.0 Å². The number of benzene rings is 2. The quantitative estimate of drug-likeness (QED) is 0.771. The molecule has 0 saturated carbocycles. The van der Waals surface area contributed by atoms with Crippen molar-refractivity contribution in [3.05, 3.63) is 58.7 Å². The Morgan fingerprint density at radius 2 is 1.59 bits per heavy atom. The van der Waals surface area contributed by atoms with E-state index >= 15 is 0 Å². The Morgan fingerprint density at radius 3 is 2.15 bits per heavy atom. The average molecular weight is 371 g/mol. The number of rotatable bonds is 8. The standard InChI is InChI=1S/C21H25NO5/c1-14-5-7-18(8-6-14)26-10-9-22(4)21(25)17-11-15(2)20(16(3)12-17)27-13-19(23)24/h5-8,11-12H,9-10,13H2,1-4H3,(H,23,24). The molecule has 6 heteroatoms. The van der Waals surface area contributed by atoms with Gasteiger partial charge in [-0.1, -0.05) is 17.7 Å². The van der Waals surface area contributed by atoms with Crippen molar-refractivity contribution in [1.82, 2.24) is 4.90 Å². The van der Waals surface area contributed by atoms with Gasteiger partial charge >= 0.3 is 5.97 Å². The van der Waals surface area contributed by atoms with E-state index in [0.717, 1.165) is 22.4 Å². The van der Waals surface area contributed by atoms with E-state index in [9.17, 15) is 9.59 Å². The minimum absolute atomic E-state index is 0.126. The third-order valence-electron chi connectivity index (χ3n) is 4.11. The molecule has 1 N–H and O–H groups in total. The van der Waals surface area contributed by atoms with Crippen molar-refractivity contribution >= 4 is 11.9 Å². The number of aliphatic carboxylic acids is 1. The largest absolute Gasteiger partial charge is 0.492 e. The van der Waals surface area contributed by atoms with Crippen molar-refractivity contribution in [2.45, 2.75) is 20.8 Å². The van der Waals surface area contributed by atoms with Crippen LogP contribution >= 0.6 is 0 Å². The van der Waals surface area contributed by atoms with Crippen LogP contribution in [0.5, 0.6) is 11.5 Å². The van der Waals surface area contributed by atoms with Gasteiger partial charge < -0.3 is 19.5 Å². The summed E-state index contributed by atoms with van der Waals surface area (Å²) in [6.45, 7) is 6.03. The number of amides is 1. The van der Waals surface area contributed by atoms with Gasteiger partial charge in [0.25, 0.3) is 5.91 Å². The van der Waals surface area contributed by atoms with Crippen LogP contribution in [0.3, 0.4) is 0 Å². The molecule has 6 nitrogen and oxygen atoms in total. The van der Waals surface area contributed by atoms with Crippen molar-refractivity contribution in [1.29, 1.82) is 0 Å². The zero-order valence-electron chi connectivity index (χ0n) is 16.1. The minimum atomic E-state index is -1.04. The molecule has 1 amide bonds. The highest BCUT2D eigenvalue weighted by atomic mass is 16.5. The number of aryl methyl sites for hydroxylation is 3. The molecule has 0 unspecified atom stereocenters. The van der Waals surface area contributed by atoms with E-state index in [-0.39, 0.29) is 5.91 Å². The van der Waals surface area contributed by atoms with E-state index in [4.69, 9.17) is 14.6 Å². The average Bonchev–Trinajstić information content (AvgIpc) is 2.61. The first-order chi connectivity index (χ1) is 12.8. The second-order valence-corrected chi connectivity index (χ2v) is 6.51. The smallest absolute Gasteiger partial charge is 0.341 e. The third-order valence-corrected chi connectivity index (χ3v) is 4.11. The molecule has 0 aliphatic carbocycles. The van der Waals surface area contributed by atoms with Gasteiger partial charge in [-0.2, -0.15) is 0 Å². The number of hydrogen-bond donors (Lipinski definition) is 1. The van der Waals surface area contributed by atoms with Crippen LogP contribution in [0.25, 0.3) is 0 Å². The second-order valence-electron chi connectivity index (χ2n) is 6.51. The van der Waals surface area contributed by atoms with E-state index in [1.54, 1.807) is 37.9 Å².